The van der Waals surface area contributed by atoms with E-state index in [2.05, 4.69) is 0 Å². The number of hydrogen-bond donors (Lipinski definition) is 0. The minimum Gasteiger partial charge on any atom is -0.463 e. The lowest BCUT2D eigenvalue weighted by molar-refractivity contribution is 0.594. The van der Waals surface area contributed by atoms with Crippen LogP contribution in [0.2, 0.25) is 0 Å². The normalized spacial score (nSPS) is 10.0. The van der Waals surface area contributed by atoms with Crippen LogP contribution in [0.3, 0.4) is 0 Å². The molecule has 1 heterocycles. The molecular weight excluding hydrogens is 185 g/mol. The van der Waals surface area contributed by atoms with Crippen LogP contribution in [0.25, 0.3) is 11.0 Å². The SMILES string of the molecule is N#Cc1coc2ccc(F)cc2c1=O. The highest BCUT2D eigenvalue weighted by Gasteiger charge is 2.06. The van der Waals surface area contributed by atoms with E-state index in [0.29, 0.717) is 0 Å². The first-order chi connectivity index (χ1) is 6.72. The van der Waals surface area contributed by atoms with Crippen molar-refractivity contribution in [2.24, 2.45) is 0 Å². The third-order valence-corrected chi connectivity index (χ3v) is 1.86. The Balaban J connectivity index is 2.96. The summed E-state index contributed by atoms with van der Waals surface area (Å²) in [7, 11) is 0. The van der Waals surface area contributed by atoms with Crippen LogP contribution in [0.5, 0.6) is 0 Å². The van der Waals surface area contributed by atoms with E-state index in [-0.39, 0.29) is 16.5 Å². The fraction of sp³-hybridized carbons (Fsp3) is 0. The van der Waals surface area contributed by atoms with Crippen molar-refractivity contribution in [3.63, 3.8) is 0 Å². The molecule has 0 bridgehead atoms. The first-order valence-corrected chi connectivity index (χ1v) is 3.83. The molecule has 0 spiro atoms. The summed E-state index contributed by atoms with van der Waals surface area (Å²) in [5.41, 5.74) is -0.355. The molecule has 0 radical (unpaired) electrons. The summed E-state index contributed by atoms with van der Waals surface area (Å²) >= 11 is 0. The molecule has 0 saturated heterocycles. The van der Waals surface area contributed by atoms with Gasteiger partial charge in [0.1, 0.15) is 29.3 Å². The largest absolute Gasteiger partial charge is 0.463 e. The van der Waals surface area contributed by atoms with Crippen molar-refractivity contribution in [1.82, 2.24) is 0 Å². The highest BCUT2D eigenvalue weighted by atomic mass is 19.1. The van der Waals surface area contributed by atoms with E-state index in [9.17, 15) is 9.18 Å². The maximum absolute atomic E-state index is 12.8. The molecule has 1 aromatic heterocycles. The fourth-order valence-electron chi connectivity index (χ4n) is 1.18. The molecule has 2 rings (SSSR count). The van der Waals surface area contributed by atoms with Crippen LogP contribution in [-0.4, -0.2) is 0 Å². The number of hydrogen-bond acceptors (Lipinski definition) is 3. The second-order valence-corrected chi connectivity index (χ2v) is 2.73. The Labute approximate surface area is 78.0 Å². The maximum Gasteiger partial charge on any atom is 0.210 e. The highest BCUT2D eigenvalue weighted by Crippen LogP contribution is 2.12. The molecule has 14 heavy (non-hydrogen) atoms. The van der Waals surface area contributed by atoms with Gasteiger partial charge in [0.25, 0.3) is 0 Å². The van der Waals surface area contributed by atoms with Crippen molar-refractivity contribution in [2.45, 2.75) is 0 Å². The van der Waals surface area contributed by atoms with E-state index in [1.54, 1.807) is 6.07 Å². The summed E-state index contributed by atoms with van der Waals surface area (Å²) in [6.45, 7) is 0. The molecule has 68 valence electrons. The Kier molecular flexibility index (Phi) is 1.79. The average Bonchev–Trinajstić information content (AvgIpc) is 2.20. The van der Waals surface area contributed by atoms with E-state index in [1.165, 1.54) is 12.1 Å². The number of benzene rings is 1. The van der Waals surface area contributed by atoms with Gasteiger partial charge < -0.3 is 4.42 Å². The minimum atomic E-state index is -0.528. The number of fused-ring (bicyclic) bond motifs is 1. The van der Waals surface area contributed by atoms with Gasteiger partial charge in [-0.1, -0.05) is 0 Å². The second-order valence-electron chi connectivity index (χ2n) is 2.73. The molecule has 0 atom stereocenters. The molecule has 0 amide bonds. The average molecular weight is 189 g/mol. The smallest absolute Gasteiger partial charge is 0.210 e. The van der Waals surface area contributed by atoms with Gasteiger partial charge in [-0.05, 0) is 18.2 Å². The maximum atomic E-state index is 12.8. The van der Waals surface area contributed by atoms with E-state index in [0.717, 1.165) is 12.3 Å². The summed E-state index contributed by atoms with van der Waals surface area (Å²) in [5, 5.41) is 8.63. The van der Waals surface area contributed by atoms with Gasteiger partial charge in [0.2, 0.25) is 5.43 Å². The molecule has 0 N–H and O–H groups in total. The van der Waals surface area contributed by atoms with Crippen LogP contribution in [0.4, 0.5) is 4.39 Å². The van der Waals surface area contributed by atoms with Crippen molar-refractivity contribution >= 4 is 11.0 Å². The van der Waals surface area contributed by atoms with Crippen LogP contribution in [-0.2, 0) is 0 Å². The lowest BCUT2D eigenvalue weighted by Crippen LogP contribution is -2.05. The van der Waals surface area contributed by atoms with Crippen molar-refractivity contribution in [3.05, 3.63) is 46.1 Å². The number of halogens is 1. The summed E-state index contributed by atoms with van der Waals surface area (Å²) < 4.78 is 17.8. The monoisotopic (exact) mass is 189 g/mol. The Morgan fingerprint density at radius 3 is 2.93 bits per heavy atom. The Morgan fingerprint density at radius 2 is 2.21 bits per heavy atom. The third kappa shape index (κ3) is 1.15. The number of nitrogens with zero attached hydrogens (tertiary/aromatic N) is 1. The van der Waals surface area contributed by atoms with Crippen LogP contribution >= 0.6 is 0 Å². The predicted octanol–water partition coefficient (Wildman–Crippen LogP) is 1.80. The van der Waals surface area contributed by atoms with Gasteiger partial charge in [-0.25, -0.2) is 4.39 Å². The third-order valence-electron chi connectivity index (χ3n) is 1.86. The molecule has 1 aromatic carbocycles. The van der Waals surface area contributed by atoms with Gasteiger partial charge >= 0.3 is 0 Å². The van der Waals surface area contributed by atoms with E-state index in [1.807, 2.05) is 0 Å². The first-order valence-electron chi connectivity index (χ1n) is 3.83. The standard InChI is InChI=1S/C10H4FNO2/c11-7-1-2-9-8(3-7)10(13)6(4-12)5-14-9/h1-3,5H. The van der Waals surface area contributed by atoms with Crippen LogP contribution in [0.15, 0.2) is 33.7 Å². The Bertz CT molecular complexity index is 595. The van der Waals surface area contributed by atoms with Gasteiger partial charge in [-0.3, -0.25) is 4.79 Å². The predicted molar refractivity (Wildman–Crippen MR) is 47.2 cm³/mol. The summed E-state index contributed by atoms with van der Waals surface area (Å²) in [6.07, 6.45) is 1.07. The summed E-state index contributed by atoms with van der Waals surface area (Å²) in [6, 6.07) is 5.28. The highest BCUT2D eigenvalue weighted by molar-refractivity contribution is 5.77. The molecule has 4 heteroatoms. The van der Waals surface area contributed by atoms with Gasteiger partial charge in [0.05, 0.1) is 5.39 Å². The summed E-state index contributed by atoms with van der Waals surface area (Å²) in [5.74, 6) is -0.528. The van der Waals surface area contributed by atoms with Gasteiger partial charge in [-0.15, -0.1) is 0 Å². The molecule has 0 aliphatic rings. The number of rotatable bonds is 0. The quantitative estimate of drug-likeness (QED) is 0.634. The first kappa shape index (κ1) is 8.45. The lowest BCUT2D eigenvalue weighted by atomic mass is 10.2. The van der Waals surface area contributed by atoms with Gasteiger partial charge in [0, 0.05) is 0 Å². The molecule has 0 aliphatic heterocycles. The lowest BCUT2D eigenvalue weighted by Gasteiger charge is -1.95. The van der Waals surface area contributed by atoms with E-state index >= 15 is 0 Å². The van der Waals surface area contributed by atoms with E-state index in [4.69, 9.17) is 9.68 Å². The van der Waals surface area contributed by atoms with Crippen molar-refractivity contribution in [2.75, 3.05) is 0 Å². The number of nitriles is 1. The molecule has 0 fully saturated rings. The second kappa shape index (κ2) is 2.96. The molecule has 3 nitrogen and oxygen atoms in total. The van der Waals surface area contributed by atoms with Crippen molar-refractivity contribution in [3.8, 4) is 6.07 Å². The zero-order valence-corrected chi connectivity index (χ0v) is 6.95. The molecular formula is C10H4FNO2. The van der Waals surface area contributed by atoms with Crippen LogP contribution in [0.1, 0.15) is 5.56 Å². The fourth-order valence-corrected chi connectivity index (χ4v) is 1.18. The molecule has 2 aromatic rings. The van der Waals surface area contributed by atoms with Crippen LogP contribution in [0, 0.1) is 17.1 Å². The van der Waals surface area contributed by atoms with Crippen LogP contribution < -0.4 is 5.43 Å². The topological polar surface area (TPSA) is 54.0 Å². The van der Waals surface area contributed by atoms with Crippen molar-refractivity contribution < 1.29 is 8.81 Å². The van der Waals surface area contributed by atoms with Crippen molar-refractivity contribution in [1.29, 1.82) is 5.26 Å². The van der Waals surface area contributed by atoms with Gasteiger partial charge in [-0.2, -0.15) is 5.26 Å². The zero-order chi connectivity index (χ0) is 10.1. The molecule has 0 aliphatic carbocycles. The molecule has 0 saturated carbocycles. The Morgan fingerprint density at radius 1 is 1.43 bits per heavy atom. The molecule has 0 unspecified atom stereocenters. The summed E-state index contributed by atoms with van der Waals surface area (Å²) in [4.78, 5) is 11.5. The Hall–Kier alpha value is -2.15. The van der Waals surface area contributed by atoms with E-state index < -0.39 is 11.2 Å². The minimum absolute atomic E-state index is 0.0871. The van der Waals surface area contributed by atoms with Gasteiger partial charge in [0.15, 0.2) is 0 Å². The zero-order valence-electron chi connectivity index (χ0n) is 6.95.